The largest absolute Gasteiger partial charge is 0.488 e. The molecule has 1 heterocycles. The van der Waals surface area contributed by atoms with Crippen LogP contribution in [-0.4, -0.2) is 17.1 Å². The number of benzene rings is 2. The van der Waals surface area contributed by atoms with Crippen LogP contribution in [0.15, 0.2) is 59.8 Å². The van der Waals surface area contributed by atoms with Crippen LogP contribution in [0, 0.1) is 0 Å². The number of alkyl halides is 3. The summed E-state index contributed by atoms with van der Waals surface area (Å²) in [4.78, 5) is 16.8. The molecule has 0 saturated carbocycles. The van der Waals surface area contributed by atoms with Crippen molar-refractivity contribution in [2.45, 2.75) is 12.8 Å². The first-order valence-corrected chi connectivity index (χ1v) is 9.34. The molecule has 0 saturated heterocycles. The lowest BCUT2D eigenvalue weighted by Crippen LogP contribution is -2.18. The Bertz CT molecular complexity index is 1000. The average Bonchev–Trinajstić information content (AvgIpc) is 3.12. The van der Waals surface area contributed by atoms with E-state index in [1.165, 1.54) is 17.6 Å². The summed E-state index contributed by atoms with van der Waals surface area (Å²) in [5, 5.41) is 3.81. The number of rotatable bonds is 6. The van der Waals surface area contributed by atoms with Crippen molar-refractivity contribution in [2.24, 2.45) is 5.10 Å². The molecule has 29 heavy (non-hydrogen) atoms. The van der Waals surface area contributed by atoms with Gasteiger partial charge in [-0.1, -0.05) is 11.6 Å². The fourth-order valence-electron chi connectivity index (χ4n) is 2.20. The van der Waals surface area contributed by atoms with Gasteiger partial charge >= 0.3 is 6.18 Å². The highest BCUT2D eigenvalue weighted by Crippen LogP contribution is 2.29. The molecule has 3 rings (SSSR count). The van der Waals surface area contributed by atoms with Gasteiger partial charge in [0.1, 0.15) is 12.4 Å². The highest BCUT2D eigenvalue weighted by molar-refractivity contribution is 7.15. The molecule has 0 fully saturated rings. The molecule has 0 atom stereocenters. The Kier molecular flexibility index (Phi) is 6.50. The van der Waals surface area contributed by atoms with Crippen LogP contribution in [0.3, 0.4) is 0 Å². The smallest absolute Gasteiger partial charge is 0.416 e. The molecule has 1 amide bonds. The van der Waals surface area contributed by atoms with Gasteiger partial charge in [-0.2, -0.15) is 18.3 Å². The van der Waals surface area contributed by atoms with Crippen LogP contribution in [-0.2, 0) is 12.8 Å². The van der Waals surface area contributed by atoms with Crippen LogP contribution < -0.4 is 10.2 Å². The van der Waals surface area contributed by atoms with E-state index in [-0.39, 0.29) is 5.56 Å². The number of hydrogen-bond donors (Lipinski definition) is 1. The molecular weight excluding hydrogens is 427 g/mol. The molecule has 0 spiro atoms. The van der Waals surface area contributed by atoms with Gasteiger partial charge in [0.2, 0.25) is 0 Å². The van der Waals surface area contributed by atoms with Gasteiger partial charge in [-0.3, -0.25) is 4.79 Å². The van der Waals surface area contributed by atoms with Gasteiger partial charge in [0.25, 0.3) is 5.91 Å². The minimum absolute atomic E-state index is 0.0714. The Morgan fingerprint density at radius 3 is 2.45 bits per heavy atom. The molecular formula is C19H13ClF3N3O2S. The summed E-state index contributed by atoms with van der Waals surface area (Å²) >= 11 is 7.10. The van der Waals surface area contributed by atoms with Crippen molar-refractivity contribution in [3.63, 3.8) is 0 Å². The quantitative estimate of drug-likeness (QED) is 0.426. The average molecular weight is 440 g/mol. The fourth-order valence-corrected chi connectivity index (χ4v) is 3.09. The molecule has 1 aromatic heterocycles. The second-order valence-electron chi connectivity index (χ2n) is 5.71. The summed E-state index contributed by atoms with van der Waals surface area (Å²) in [6.07, 6.45) is -1.39. The SMILES string of the molecule is O=C(N/N=C\c1ccc(OCc2cnc(Cl)s2)cc1)c1ccc(C(F)(F)F)cc1. The van der Waals surface area contributed by atoms with E-state index in [4.69, 9.17) is 16.3 Å². The van der Waals surface area contributed by atoms with Gasteiger partial charge in [-0.25, -0.2) is 10.4 Å². The first-order chi connectivity index (χ1) is 13.8. The maximum atomic E-state index is 12.5. The third-order valence-corrected chi connectivity index (χ3v) is 4.73. The monoisotopic (exact) mass is 439 g/mol. The number of halogens is 4. The topological polar surface area (TPSA) is 63.6 Å². The minimum atomic E-state index is -4.45. The summed E-state index contributed by atoms with van der Waals surface area (Å²) in [7, 11) is 0. The van der Waals surface area contributed by atoms with E-state index in [2.05, 4.69) is 15.5 Å². The normalized spacial score (nSPS) is 11.6. The van der Waals surface area contributed by atoms with E-state index in [1.54, 1.807) is 30.5 Å². The molecule has 1 N–H and O–H groups in total. The number of thiazole rings is 1. The highest BCUT2D eigenvalue weighted by atomic mass is 35.5. The number of nitrogens with one attached hydrogen (secondary N) is 1. The van der Waals surface area contributed by atoms with Gasteiger partial charge in [0.05, 0.1) is 16.7 Å². The van der Waals surface area contributed by atoms with Crippen molar-refractivity contribution in [3.05, 3.63) is 80.8 Å². The number of carbonyl (C=O) groups is 1. The summed E-state index contributed by atoms with van der Waals surface area (Å²) < 4.78 is 43.7. The van der Waals surface area contributed by atoms with E-state index in [1.807, 2.05) is 0 Å². The number of aromatic nitrogens is 1. The van der Waals surface area contributed by atoms with Gasteiger partial charge in [0.15, 0.2) is 4.47 Å². The number of nitrogens with zero attached hydrogens (tertiary/aromatic N) is 2. The maximum Gasteiger partial charge on any atom is 0.416 e. The fraction of sp³-hybridized carbons (Fsp3) is 0.105. The zero-order valence-corrected chi connectivity index (χ0v) is 16.2. The second-order valence-corrected chi connectivity index (χ2v) is 7.41. The van der Waals surface area contributed by atoms with E-state index in [0.29, 0.717) is 22.4 Å². The Labute approximate surface area is 172 Å². The zero-order chi connectivity index (χ0) is 20.9. The Morgan fingerprint density at radius 2 is 1.86 bits per heavy atom. The molecule has 150 valence electrons. The summed E-state index contributed by atoms with van der Waals surface area (Å²) in [6.45, 7) is 0.348. The van der Waals surface area contributed by atoms with E-state index in [9.17, 15) is 18.0 Å². The number of carbonyl (C=O) groups excluding carboxylic acids is 1. The molecule has 0 bridgehead atoms. The van der Waals surface area contributed by atoms with Crippen molar-refractivity contribution in [1.82, 2.24) is 10.4 Å². The van der Waals surface area contributed by atoms with Crippen molar-refractivity contribution in [3.8, 4) is 5.75 Å². The zero-order valence-electron chi connectivity index (χ0n) is 14.6. The van der Waals surface area contributed by atoms with E-state index in [0.717, 1.165) is 29.1 Å². The summed E-state index contributed by atoms with van der Waals surface area (Å²) in [5.41, 5.74) is 2.22. The minimum Gasteiger partial charge on any atom is -0.488 e. The predicted octanol–water partition coefficient (Wildman–Crippen LogP) is 5.16. The number of amides is 1. The maximum absolute atomic E-state index is 12.5. The standard InChI is InChI=1S/C19H13ClF3N3O2S/c20-18-24-10-16(29-18)11-28-15-7-1-12(2-8-15)9-25-26-17(27)13-3-5-14(6-4-13)19(21,22)23/h1-10H,11H2,(H,26,27)/b25-9-. The molecule has 0 aliphatic carbocycles. The lowest BCUT2D eigenvalue weighted by molar-refractivity contribution is -0.137. The van der Waals surface area contributed by atoms with E-state index < -0.39 is 17.6 Å². The van der Waals surface area contributed by atoms with E-state index >= 15 is 0 Å². The molecule has 0 radical (unpaired) electrons. The number of ether oxygens (including phenoxy) is 1. The Morgan fingerprint density at radius 1 is 1.17 bits per heavy atom. The van der Waals surface area contributed by atoms with Gasteiger partial charge in [0, 0.05) is 11.8 Å². The van der Waals surface area contributed by atoms with Gasteiger partial charge < -0.3 is 4.74 Å². The van der Waals surface area contributed by atoms with Crippen LogP contribution >= 0.6 is 22.9 Å². The summed E-state index contributed by atoms with van der Waals surface area (Å²) in [6, 6.07) is 10.8. The molecule has 5 nitrogen and oxygen atoms in total. The van der Waals surface area contributed by atoms with Crippen molar-refractivity contribution in [2.75, 3.05) is 0 Å². The van der Waals surface area contributed by atoms with Crippen LogP contribution in [0.4, 0.5) is 13.2 Å². The van der Waals surface area contributed by atoms with Crippen molar-refractivity contribution < 1.29 is 22.7 Å². The number of hydrogen-bond acceptors (Lipinski definition) is 5. The molecule has 0 aliphatic heterocycles. The first-order valence-electron chi connectivity index (χ1n) is 8.15. The van der Waals surface area contributed by atoms with Crippen molar-refractivity contribution in [1.29, 1.82) is 0 Å². The predicted molar refractivity (Wildman–Crippen MR) is 104 cm³/mol. The van der Waals surface area contributed by atoms with Crippen LogP contribution in [0.5, 0.6) is 5.75 Å². The lowest BCUT2D eigenvalue weighted by Gasteiger charge is -2.06. The van der Waals surface area contributed by atoms with Gasteiger partial charge in [-0.05, 0) is 54.1 Å². The summed E-state index contributed by atoms with van der Waals surface area (Å²) in [5.74, 6) is 0.0265. The third-order valence-electron chi connectivity index (χ3n) is 3.64. The molecule has 3 aromatic rings. The molecule has 0 aliphatic rings. The van der Waals surface area contributed by atoms with Gasteiger partial charge in [-0.15, -0.1) is 11.3 Å². The Balaban J connectivity index is 1.51. The second kappa shape index (κ2) is 9.06. The third kappa shape index (κ3) is 6.03. The lowest BCUT2D eigenvalue weighted by atomic mass is 10.1. The Hall–Kier alpha value is -2.91. The van der Waals surface area contributed by atoms with Crippen LogP contribution in [0.1, 0.15) is 26.4 Å². The van der Waals surface area contributed by atoms with Crippen LogP contribution in [0.25, 0.3) is 0 Å². The first kappa shape index (κ1) is 20.8. The van der Waals surface area contributed by atoms with Crippen LogP contribution in [0.2, 0.25) is 4.47 Å². The molecule has 0 unspecified atom stereocenters. The molecule has 2 aromatic carbocycles. The number of hydrazone groups is 1. The highest BCUT2D eigenvalue weighted by Gasteiger charge is 2.30. The molecule has 10 heteroatoms. The van der Waals surface area contributed by atoms with Crippen molar-refractivity contribution >= 4 is 35.1 Å².